The Bertz CT molecular complexity index is 453. The molecule has 0 aromatic carbocycles. The first kappa shape index (κ1) is 15.3. The van der Waals surface area contributed by atoms with Crippen LogP contribution in [0.15, 0.2) is 23.8 Å². The van der Waals surface area contributed by atoms with E-state index in [-0.39, 0.29) is 17.3 Å². The highest BCUT2D eigenvalue weighted by Gasteiger charge is 2.52. The maximum atomic E-state index is 11.6. The van der Waals surface area contributed by atoms with Crippen LogP contribution < -0.4 is 0 Å². The number of hydrogen-bond donors (Lipinski definition) is 2. The summed E-state index contributed by atoms with van der Waals surface area (Å²) in [4.78, 5) is 11.6. The predicted molar refractivity (Wildman–Crippen MR) is 75.9 cm³/mol. The highest BCUT2D eigenvalue weighted by molar-refractivity contribution is 5.88. The summed E-state index contributed by atoms with van der Waals surface area (Å²) in [5.41, 5.74) is 1.09. The van der Waals surface area contributed by atoms with E-state index in [4.69, 9.17) is 4.74 Å². The van der Waals surface area contributed by atoms with Crippen molar-refractivity contribution >= 4 is 5.97 Å². The average Bonchev–Trinajstić information content (AvgIpc) is 2.42. The van der Waals surface area contributed by atoms with Crippen LogP contribution in [0.1, 0.15) is 33.1 Å². The number of carbonyl (C=O) groups is 1. The molecular formula is C16H24O4. The summed E-state index contributed by atoms with van der Waals surface area (Å²) in [7, 11) is 1.32. The van der Waals surface area contributed by atoms with Crippen LogP contribution in [0, 0.1) is 17.3 Å². The second-order valence-corrected chi connectivity index (χ2v) is 6.34. The summed E-state index contributed by atoms with van der Waals surface area (Å²) in [5.74, 6) is -0.892. The Hall–Kier alpha value is -1.13. The number of hydrogen-bond acceptors (Lipinski definition) is 4. The zero-order valence-corrected chi connectivity index (χ0v) is 12.4. The Labute approximate surface area is 120 Å². The molecule has 0 aromatic heterocycles. The maximum Gasteiger partial charge on any atom is 0.333 e. The fourth-order valence-electron chi connectivity index (χ4n) is 3.94. The Morgan fingerprint density at radius 1 is 1.50 bits per heavy atom. The van der Waals surface area contributed by atoms with Crippen LogP contribution in [0.3, 0.4) is 0 Å². The van der Waals surface area contributed by atoms with E-state index in [1.54, 1.807) is 0 Å². The lowest BCUT2D eigenvalue weighted by atomic mass is 9.55. The molecule has 0 bridgehead atoms. The average molecular weight is 280 g/mol. The third kappa shape index (κ3) is 2.21. The van der Waals surface area contributed by atoms with Gasteiger partial charge in [0, 0.05) is 22.8 Å². The standard InChI is InChI=1S/C16H24O4/c1-9-5-6-12(17)16(3)8-7-11(14(18)13(9)16)10(2)15(19)20-4/h5,11-14,17-18H,2,6-8H2,1,3-4H3. The predicted octanol–water partition coefficient (Wildman–Crippen LogP) is 1.82. The molecule has 1 fully saturated rings. The van der Waals surface area contributed by atoms with E-state index in [1.807, 2.05) is 19.9 Å². The van der Waals surface area contributed by atoms with Gasteiger partial charge in [0.15, 0.2) is 0 Å². The largest absolute Gasteiger partial charge is 0.466 e. The SMILES string of the molecule is C=C(C(=O)OC)C1CCC2(C)C(O)CC=C(C)C2C1O. The summed E-state index contributed by atoms with van der Waals surface area (Å²) in [6.07, 6.45) is 2.89. The first-order valence-corrected chi connectivity index (χ1v) is 7.12. The molecule has 1 saturated carbocycles. The number of rotatable bonds is 2. The molecule has 0 aromatic rings. The molecule has 2 aliphatic carbocycles. The van der Waals surface area contributed by atoms with Gasteiger partial charge in [0.25, 0.3) is 0 Å². The van der Waals surface area contributed by atoms with E-state index in [2.05, 4.69) is 6.58 Å². The summed E-state index contributed by atoms with van der Waals surface area (Å²) in [5, 5.41) is 21.0. The van der Waals surface area contributed by atoms with E-state index < -0.39 is 18.2 Å². The number of methoxy groups -OCH3 is 1. The molecule has 0 radical (unpaired) electrons. The zero-order chi connectivity index (χ0) is 15.1. The van der Waals surface area contributed by atoms with Crippen molar-refractivity contribution in [2.75, 3.05) is 7.11 Å². The van der Waals surface area contributed by atoms with Crippen LogP contribution in [0.5, 0.6) is 0 Å². The quantitative estimate of drug-likeness (QED) is 0.460. The highest BCUT2D eigenvalue weighted by atomic mass is 16.5. The number of carbonyl (C=O) groups excluding carboxylic acids is 1. The molecule has 2 aliphatic rings. The summed E-state index contributed by atoms with van der Waals surface area (Å²) < 4.78 is 4.71. The molecule has 0 saturated heterocycles. The lowest BCUT2D eigenvalue weighted by Gasteiger charge is -2.52. The van der Waals surface area contributed by atoms with Crippen LogP contribution in [-0.4, -0.2) is 35.5 Å². The van der Waals surface area contributed by atoms with Crippen molar-refractivity contribution < 1.29 is 19.7 Å². The molecule has 4 nitrogen and oxygen atoms in total. The molecule has 2 N–H and O–H groups in total. The molecule has 5 atom stereocenters. The van der Waals surface area contributed by atoms with Gasteiger partial charge in [-0.05, 0) is 26.2 Å². The molecular weight excluding hydrogens is 256 g/mol. The van der Waals surface area contributed by atoms with Crippen LogP contribution in [-0.2, 0) is 9.53 Å². The van der Waals surface area contributed by atoms with Crippen LogP contribution in [0.4, 0.5) is 0 Å². The molecule has 0 heterocycles. The van der Waals surface area contributed by atoms with Gasteiger partial charge in [0.1, 0.15) is 0 Å². The highest BCUT2D eigenvalue weighted by Crippen LogP contribution is 2.53. The minimum atomic E-state index is -0.702. The number of ether oxygens (including phenoxy) is 1. The molecule has 4 heteroatoms. The fourth-order valence-corrected chi connectivity index (χ4v) is 3.94. The van der Waals surface area contributed by atoms with Gasteiger partial charge < -0.3 is 14.9 Å². The summed E-state index contributed by atoms with van der Waals surface area (Å²) >= 11 is 0. The van der Waals surface area contributed by atoms with Gasteiger partial charge in [-0.2, -0.15) is 0 Å². The second kappa shape index (κ2) is 5.34. The zero-order valence-electron chi connectivity index (χ0n) is 12.4. The van der Waals surface area contributed by atoms with E-state index in [9.17, 15) is 15.0 Å². The monoisotopic (exact) mass is 280 g/mol. The lowest BCUT2D eigenvalue weighted by Crippen LogP contribution is -2.53. The van der Waals surface area contributed by atoms with Crippen molar-refractivity contribution in [2.45, 2.75) is 45.3 Å². The Morgan fingerprint density at radius 3 is 2.75 bits per heavy atom. The normalized spacial score (nSPS) is 40.5. The third-order valence-electron chi connectivity index (χ3n) is 5.27. The minimum Gasteiger partial charge on any atom is -0.466 e. The van der Waals surface area contributed by atoms with Crippen molar-refractivity contribution in [3.05, 3.63) is 23.8 Å². The molecule has 112 valence electrons. The number of fused-ring (bicyclic) bond motifs is 1. The number of aliphatic hydroxyl groups is 2. The van der Waals surface area contributed by atoms with Crippen molar-refractivity contribution in [3.8, 4) is 0 Å². The van der Waals surface area contributed by atoms with Crippen molar-refractivity contribution in [3.63, 3.8) is 0 Å². The Balaban J connectivity index is 2.30. The molecule has 2 rings (SSSR count). The topological polar surface area (TPSA) is 66.8 Å². The summed E-state index contributed by atoms with van der Waals surface area (Å²) in [6.45, 7) is 7.80. The van der Waals surface area contributed by atoms with Gasteiger partial charge in [0.2, 0.25) is 0 Å². The first-order chi connectivity index (χ1) is 9.32. The van der Waals surface area contributed by atoms with Crippen LogP contribution in [0.25, 0.3) is 0 Å². The second-order valence-electron chi connectivity index (χ2n) is 6.34. The van der Waals surface area contributed by atoms with Gasteiger partial charge in [0.05, 0.1) is 19.3 Å². The number of esters is 1. The lowest BCUT2D eigenvalue weighted by molar-refractivity contribution is -0.139. The molecule has 0 aliphatic heterocycles. The Morgan fingerprint density at radius 2 is 2.15 bits per heavy atom. The maximum absolute atomic E-state index is 11.6. The molecule has 0 amide bonds. The van der Waals surface area contributed by atoms with Crippen LogP contribution in [0.2, 0.25) is 0 Å². The van der Waals surface area contributed by atoms with E-state index in [1.165, 1.54) is 7.11 Å². The summed E-state index contributed by atoms with van der Waals surface area (Å²) in [6, 6.07) is 0. The van der Waals surface area contributed by atoms with Crippen molar-refractivity contribution in [2.24, 2.45) is 17.3 Å². The smallest absolute Gasteiger partial charge is 0.333 e. The number of aliphatic hydroxyl groups excluding tert-OH is 2. The van der Waals surface area contributed by atoms with Gasteiger partial charge in [-0.1, -0.05) is 25.2 Å². The van der Waals surface area contributed by atoms with Crippen LogP contribution >= 0.6 is 0 Å². The van der Waals surface area contributed by atoms with E-state index >= 15 is 0 Å². The van der Waals surface area contributed by atoms with Crippen molar-refractivity contribution in [1.82, 2.24) is 0 Å². The minimum absolute atomic E-state index is 0.133. The first-order valence-electron chi connectivity index (χ1n) is 7.12. The third-order valence-corrected chi connectivity index (χ3v) is 5.27. The van der Waals surface area contributed by atoms with E-state index in [0.29, 0.717) is 18.4 Å². The van der Waals surface area contributed by atoms with Crippen molar-refractivity contribution in [1.29, 1.82) is 0 Å². The van der Waals surface area contributed by atoms with Gasteiger partial charge >= 0.3 is 5.97 Å². The van der Waals surface area contributed by atoms with Gasteiger partial charge in [-0.15, -0.1) is 0 Å². The Kier molecular flexibility index (Phi) is 4.07. The molecule has 5 unspecified atom stereocenters. The molecule has 20 heavy (non-hydrogen) atoms. The van der Waals surface area contributed by atoms with Gasteiger partial charge in [-0.25, -0.2) is 4.79 Å². The van der Waals surface area contributed by atoms with E-state index in [0.717, 1.165) is 12.0 Å². The molecule has 0 spiro atoms. The fraction of sp³-hybridized carbons (Fsp3) is 0.688. The van der Waals surface area contributed by atoms with Gasteiger partial charge in [-0.3, -0.25) is 0 Å².